The maximum absolute atomic E-state index is 12.5. The molecule has 6 rings (SSSR count). The summed E-state index contributed by atoms with van der Waals surface area (Å²) < 4.78 is 34.1. The number of carbonyl (C=O) groups excluding carboxylic acids is 1. The molecule has 0 spiro atoms. The number of nitrogens with one attached hydrogen (secondary N) is 2. The summed E-state index contributed by atoms with van der Waals surface area (Å²) in [5, 5.41) is 11.6. The predicted octanol–water partition coefficient (Wildman–Crippen LogP) is 2.40. The molecule has 1 fully saturated rings. The van der Waals surface area contributed by atoms with Gasteiger partial charge in [0.05, 0.1) is 36.2 Å². The van der Waals surface area contributed by atoms with Gasteiger partial charge in [-0.15, -0.1) is 0 Å². The molecular formula is C33H39ClN6O4S. The lowest BCUT2D eigenvalue weighted by atomic mass is 9.93. The van der Waals surface area contributed by atoms with E-state index in [0.29, 0.717) is 43.1 Å². The van der Waals surface area contributed by atoms with Crippen LogP contribution in [0.25, 0.3) is 11.3 Å². The van der Waals surface area contributed by atoms with Crippen molar-refractivity contribution in [3.8, 4) is 23.1 Å². The van der Waals surface area contributed by atoms with Crippen molar-refractivity contribution in [2.24, 2.45) is 0 Å². The number of morpholine rings is 1. The molecule has 12 heteroatoms. The number of likely N-dealkylation sites (N-methyl/N-ethyl adjacent to an activating group) is 1. The van der Waals surface area contributed by atoms with E-state index in [9.17, 15) is 13.2 Å². The zero-order valence-electron chi connectivity index (χ0n) is 25.7. The highest BCUT2D eigenvalue weighted by Gasteiger charge is 2.30. The number of halogens is 1. The number of ether oxygens (including phenoxy) is 1. The van der Waals surface area contributed by atoms with Crippen LogP contribution < -0.4 is 10.6 Å². The second-order valence-electron chi connectivity index (χ2n) is 11.8. The largest absolute Gasteiger partial charge is 0.379 e. The zero-order chi connectivity index (χ0) is 31.6. The first-order chi connectivity index (χ1) is 21.7. The van der Waals surface area contributed by atoms with Crippen LogP contribution in [0.2, 0.25) is 5.02 Å². The van der Waals surface area contributed by atoms with Crippen LogP contribution in [-0.4, -0.2) is 92.0 Å². The normalized spacial score (nSPS) is 18.9. The number of hydrogen-bond acceptors (Lipinski definition) is 7. The van der Waals surface area contributed by atoms with Crippen LogP contribution in [-0.2, 0) is 52.0 Å². The maximum atomic E-state index is 12.5. The summed E-state index contributed by atoms with van der Waals surface area (Å²) in [5.41, 5.74) is 7.47. The first-order valence-electron chi connectivity index (χ1n) is 15.4. The van der Waals surface area contributed by atoms with Crippen molar-refractivity contribution in [1.29, 1.82) is 0 Å². The fourth-order valence-corrected chi connectivity index (χ4v) is 7.25. The lowest BCUT2D eigenvalue weighted by molar-refractivity contribution is -0.122. The standard InChI is InChI=1S/C33H39ClN6O4S/c1-35-33(41)30-20-24-6-4-23(18-27(24)21-36-30)5-7-25-19-26(8-9-29(25)34)32-28-22-39(45(2,42)43)13-10-31(28)40(37-32)12-3-11-38-14-16-44-17-15-38/h4,6,8-9,18-19,30,36H,3,10-17,20-22H2,1-2H3,(H,35,41)/t30-/m0/s1. The predicted molar refractivity (Wildman–Crippen MR) is 174 cm³/mol. The van der Waals surface area contributed by atoms with E-state index in [0.717, 1.165) is 85.0 Å². The van der Waals surface area contributed by atoms with E-state index in [1.54, 1.807) is 7.05 Å². The van der Waals surface area contributed by atoms with Crippen LogP contribution in [0.1, 0.15) is 39.9 Å². The Morgan fingerprint density at radius 3 is 2.71 bits per heavy atom. The summed E-state index contributed by atoms with van der Waals surface area (Å²) in [6, 6.07) is 11.6. The van der Waals surface area contributed by atoms with Gasteiger partial charge in [0.15, 0.2) is 0 Å². The van der Waals surface area contributed by atoms with Crippen molar-refractivity contribution in [3.63, 3.8) is 0 Å². The Morgan fingerprint density at radius 2 is 1.93 bits per heavy atom. The van der Waals surface area contributed by atoms with Gasteiger partial charge < -0.3 is 15.4 Å². The van der Waals surface area contributed by atoms with Crippen LogP contribution in [0.15, 0.2) is 36.4 Å². The molecule has 3 aromatic rings. The van der Waals surface area contributed by atoms with Gasteiger partial charge in [-0.1, -0.05) is 35.6 Å². The smallest absolute Gasteiger partial charge is 0.237 e. The lowest BCUT2D eigenvalue weighted by Crippen LogP contribution is -2.46. The van der Waals surface area contributed by atoms with Gasteiger partial charge in [0.1, 0.15) is 0 Å². The van der Waals surface area contributed by atoms with Gasteiger partial charge >= 0.3 is 0 Å². The van der Waals surface area contributed by atoms with Gasteiger partial charge in [-0.2, -0.15) is 9.40 Å². The third-order valence-corrected chi connectivity index (χ3v) is 10.4. The lowest BCUT2D eigenvalue weighted by Gasteiger charge is -2.27. The minimum atomic E-state index is -3.35. The van der Waals surface area contributed by atoms with Crippen molar-refractivity contribution >= 4 is 27.5 Å². The average Bonchev–Trinajstić information content (AvgIpc) is 3.41. The minimum Gasteiger partial charge on any atom is -0.379 e. The van der Waals surface area contributed by atoms with Crippen LogP contribution in [0.5, 0.6) is 0 Å². The van der Waals surface area contributed by atoms with E-state index in [1.165, 1.54) is 10.6 Å². The highest BCUT2D eigenvalue weighted by Crippen LogP contribution is 2.33. The summed E-state index contributed by atoms with van der Waals surface area (Å²) >= 11 is 6.62. The molecule has 3 aliphatic rings. The van der Waals surface area contributed by atoms with Crippen molar-refractivity contribution in [3.05, 3.63) is 74.9 Å². The quantitative estimate of drug-likeness (QED) is 0.378. The second-order valence-corrected chi connectivity index (χ2v) is 14.2. The Bertz CT molecular complexity index is 1760. The zero-order valence-corrected chi connectivity index (χ0v) is 27.3. The number of rotatable bonds is 7. The molecule has 1 saturated heterocycles. The van der Waals surface area contributed by atoms with Crippen LogP contribution >= 0.6 is 11.6 Å². The molecule has 0 bridgehead atoms. The SMILES string of the molecule is CNC(=O)[C@@H]1Cc2ccc(C#Cc3cc(-c4nn(CCCN5CCOCC5)c5c4CN(S(C)(=O)=O)CC5)ccc3Cl)cc2CN1. The molecule has 0 saturated carbocycles. The topological polar surface area (TPSA) is 109 Å². The van der Waals surface area contributed by atoms with E-state index in [1.807, 2.05) is 30.3 Å². The third-order valence-electron chi connectivity index (χ3n) is 8.83. The fraction of sp³-hybridized carbons (Fsp3) is 0.455. The Labute approximate surface area is 270 Å². The van der Waals surface area contributed by atoms with Gasteiger partial charge in [-0.25, -0.2) is 8.42 Å². The fourth-order valence-electron chi connectivity index (χ4n) is 6.29. The number of nitrogens with zero attached hydrogens (tertiary/aromatic N) is 4. The van der Waals surface area contributed by atoms with E-state index >= 15 is 0 Å². The van der Waals surface area contributed by atoms with Crippen molar-refractivity contribution < 1.29 is 17.9 Å². The first-order valence-corrected chi connectivity index (χ1v) is 17.6. The average molecular weight is 651 g/mol. The van der Waals surface area contributed by atoms with Crippen molar-refractivity contribution in [1.82, 2.24) is 29.6 Å². The summed E-state index contributed by atoms with van der Waals surface area (Å²) in [7, 11) is -1.70. The molecular weight excluding hydrogens is 612 g/mol. The molecule has 2 N–H and O–H groups in total. The number of carbonyl (C=O) groups is 1. The number of fused-ring (bicyclic) bond motifs is 2. The summed E-state index contributed by atoms with van der Waals surface area (Å²) in [5.74, 6) is 6.50. The van der Waals surface area contributed by atoms with Gasteiger partial charge in [0.2, 0.25) is 15.9 Å². The van der Waals surface area contributed by atoms with Gasteiger partial charge in [-0.3, -0.25) is 14.4 Å². The Morgan fingerprint density at radius 1 is 1.11 bits per heavy atom. The molecule has 1 atom stereocenters. The molecule has 45 heavy (non-hydrogen) atoms. The highest BCUT2D eigenvalue weighted by molar-refractivity contribution is 7.88. The monoisotopic (exact) mass is 650 g/mol. The van der Waals surface area contributed by atoms with E-state index in [4.69, 9.17) is 21.4 Å². The minimum absolute atomic E-state index is 0.0119. The molecule has 0 unspecified atom stereocenters. The van der Waals surface area contributed by atoms with Crippen molar-refractivity contribution in [2.45, 2.75) is 44.9 Å². The number of hydrogen-bond donors (Lipinski definition) is 2. The van der Waals surface area contributed by atoms with Crippen molar-refractivity contribution in [2.75, 3.05) is 52.7 Å². The van der Waals surface area contributed by atoms with Crippen LogP contribution in [0.3, 0.4) is 0 Å². The number of benzene rings is 2. The van der Waals surface area contributed by atoms with Crippen LogP contribution in [0.4, 0.5) is 0 Å². The Hall–Kier alpha value is -3.24. The highest BCUT2D eigenvalue weighted by atomic mass is 35.5. The van der Waals surface area contributed by atoms with Crippen LogP contribution in [0, 0.1) is 11.8 Å². The van der Waals surface area contributed by atoms with Gasteiger partial charge in [0, 0.05) is 87.2 Å². The molecule has 1 amide bonds. The van der Waals surface area contributed by atoms with E-state index in [2.05, 4.69) is 38.1 Å². The Balaban J connectivity index is 1.26. The maximum Gasteiger partial charge on any atom is 0.237 e. The van der Waals surface area contributed by atoms with Gasteiger partial charge in [-0.05, 0) is 48.2 Å². The van der Waals surface area contributed by atoms with E-state index < -0.39 is 10.0 Å². The number of amides is 1. The number of aryl methyl sites for hydroxylation is 1. The van der Waals surface area contributed by atoms with Gasteiger partial charge in [0.25, 0.3) is 0 Å². The van der Waals surface area contributed by atoms with E-state index in [-0.39, 0.29) is 11.9 Å². The number of aromatic nitrogens is 2. The molecule has 0 radical (unpaired) electrons. The molecule has 1 aromatic heterocycles. The summed E-state index contributed by atoms with van der Waals surface area (Å²) in [6.07, 6.45) is 3.46. The molecule has 2 aromatic carbocycles. The summed E-state index contributed by atoms with van der Waals surface area (Å²) in [6.45, 7) is 6.50. The number of sulfonamides is 1. The molecule has 4 heterocycles. The third kappa shape index (κ3) is 7.27. The molecule has 10 nitrogen and oxygen atoms in total. The molecule has 0 aliphatic carbocycles. The molecule has 238 valence electrons. The molecule has 3 aliphatic heterocycles. The second kappa shape index (κ2) is 13.6. The Kier molecular flexibility index (Phi) is 9.61. The first kappa shape index (κ1) is 31.7. The summed E-state index contributed by atoms with van der Waals surface area (Å²) in [4.78, 5) is 14.5.